The molecule has 1 unspecified atom stereocenters. The number of aromatic amines is 1. The molecule has 7 heteroatoms. The number of para-hydroxylation sites is 2. The number of amides is 1. The molecule has 2 heterocycles. The minimum atomic E-state index is -0.0154. The van der Waals surface area contributed by atoms with E-state index in [0.29, 0.717) is 18.7 Å². The number of nitrogens with one attached hydrogen (secondary N) is 1. The van der Waals surface area contributed by atoms with Crippen LogP contribution in [0.2, 0.25) is 0 Å². The Hall–Kier alpha value is -3.84. The Bertz CT molecular complexity index is 1480. The van der Waals surface area contributed by atoms with Crippen molar-refractivity contribution >= 4 is 16.9 Å². The second-order valence-electron chi connectivity index (χ2n) is 10.8. The van der Waals surface area contributed by atoms with Crippen molar-refractivity contribution in [2.75, 3.05) is 32.7 Å². The summed E-state index contributed by atoms with van der Waals surface area (Å²) in [6.45, 7) is 8.31. The van der Waals surface area contributed by atoms with Gasteiger partial charge in [-0.05, 0) is 93.6 Å². The maximum absolute atomic E-state index is 12.8. The number of carbonyl (C=O) groups excluding carboxylic acids is 1. The quantitative estimate of drug-likeness (QED) is 0.268. The minimum Gasteiger partial charge on any atom is -0.508 e. The summed E-state index contributed by atoms with van der Waals surface area (Å²) in [5, 5.41) is 10.2. The first-order chi connectivity index (χ1) is 19.5. The van der Waals surface area contributed by atoms with Gasteiger partial charge in [-0.15, -0.1) is 0 Å². The summed E-state index contributed by atoms with van der Waals surface area (Å²) < 4.78 is 1.94. The first-order valence-corrected chi connectivity index (χ1v) is 14.6. The summed E-state index contributed by atoms with van der Waals surface area (Å²) in [7, 11) is 0. The molecule has 1 aliphatic heterocycles. The van der Waals surface area contributed by atoms with Gasteiger partial charge < -0.3 is 19.9 Å². The van der Waals surface area contributed by atoms with Crippen LogP contribution in [0.1, 0.15) is 73.0 Å². The Morgan fingerprint density at radius 2 is 1.70 bits per heavy atom. The fourth-order valence-corrected chi connectivity index (χ4v) is 6.18. The summed E-state index contributed by atoms with van der Waals surface area (Å²) in [5.41, 5.74) is 4.82. The maximum atomic E-state index is 12.8. The van der Waals surface area contributed by atoms with Gasteiger partial charge in [-0.2, -0.15) is 0 Å². The fourth-order valence-electron chi connectivity index (χ4n) is 6.18. The van der Waals surface area contributed by atoms with Crippen LogP contribution in [0.15, 0.2) is 77.6 Å². The molecule has 40 heavy (non-hydrogen) atoms. The van der Waals surface area contributed by atoms with Crippen LogP contribution in [0.5, 0.6) is 5.75 Å². The number of piperidine rings is 1. The second-order valence-corrected chi connectivity index (χ2v) is 10.8. The van der Waals surface area contributed by atoms with Crippen LogP contribution >= 0.6 is 0 Å². The normalized spacial score (nSPS) is 15.3. The Morgan fingerprint density at radius 3 is 2.40 bits per heavy atom. The number of likely N-dealkylation sites (tertiary alicyclic amines) is 1. The summed E-state index contributed by atoms with van der Waals surface area (Å²) in [4.78, 5) is 32.8. The molecule has 1 fully saturated rings. The highest BCUT2D eigenvalue weighted by Gasteiger charge is 2.24. The van der Waals surface area contributed by atoms with E-state index in [1.54, 1.807) is 6.07 Å². The summed E-state index contributed by atoms with van der Waals surface area (Å²) in [6, 6.07) is 23.7. The fraction of sp³-hybridized carbons (Fsp3) is 0.394. The number of H-pyrrole nitrogens is 1. The van der Waals surface area contributed by atoms with Gasteiger partial charge in [0.1, 0.15) is 5.75 Å². The van der Waals surface area contributed by atoms with Crippen LogP contribution in [-0.4, -0.2) is 63.1 Å². The number of imidazole rings is 1. The highest BCUT2D eigenvalue weighted by atomic mass is 16.3. The molecule has 1 aliphatic rings. The molecule has 7 nitrogen and oxygen atoms in total. The van der Waals surface area contributed by atoms with E-state index >= 15 is 0 Å². The van der Waals surface area contributed by atoms with Gasteiger partial charge >= 0.3 is 5.69 Å². The number of phenolic OH excluding ortho intramolecular Hbond substituents is 1. The number of hydrogen-bond donors (Lipinski definition) is 2. The molecule has 0 aliphatic carbocycles. The van der Waals surface area contributed by atoms with Crippen molar-refractivity contribution in [2.24, 2.45) is 0 Å². The van der Waals surface area contributed by atoms with Crippen molar-refractivity contribution in [3.63, 3.8) is 0 Å². The van der Waals surface area contributed by atoms with Crippen molar-refractivity contribution in [2.45, 2.75) is 51.5 Å². The molecule has 0 radical (unpaired) electrons. The van der Waals surface area contributed by atoms with Crippen LogP contribution in [0.3, 0.4) is 0 Å². The standard InChI is InChI=1S/C33H40N4O3/c1-3-36(4-2)32(39)25-16-14-24(15-17-25)29(26-9-7-10-28(38)23-26)11-8-20-35-21-18-27(19-22-35)37-31-13-6-5-12-30(31)34-33(37)40/h5-7,9-10,12-17,23,27,29,38H,3-4,8,11,18-22H2,1-2H3,(H,34,40). The predicted octanol–water partition coefficient (Wildman–Crippen LogP) is 5.77. The topological polar surface area (TPSA) is 81.6 Å². The minimum absolute atomic E-state index is 0.0154. The number of fused-ring (bicyclic) bond motifs is 1. The Balaban J connectivity index is 1.23. The zero-order valence-electron chi connectivity index (χ0n) is 23.6. The Kier molecular flexibility index (Phi) is 8.70. The van der Waals surface area contributed by atoms with Crippen LogP contribution in [0.4, 0.5) is 0 Å². The lowest BCUT2D eigenvalue weighted by atomic mass is 9.86. The third-order valence-corrected chi connectivity index (χ3v) is 8.40. The molecule has 1 amide bonds. The number of aromatic nitrogens is 2. The predicted molar refractivity (Wildman–Crippen MR) is 160 cm³/mol. The first kappa shape index (κ1) is 27.7. The first-order valence-electron chi connectivity index (χ1n) is 14.6. The lowest BCUT2D eigenvalue weighted by molar-refractivity contribution is 0.0773. The van der Waals surface area contributed by atoms with Crippen molar-refractivity contribution < 1.29 is 9.90 Å². The van der Waals surface area contributed by atoms with E-state index < -0.39 is 0 Å². The molecule has 1 atom stereocenters. The van der Waals surface area contributed by atoms with E-state index in [1.165, 1.54) is 0 Å². The van der Waals surface area contributed by atoms with Gasteiger partial charge in [0.15, 0.2) is 0 Å². The second kappa shape index (κ2) is 12.6. The Labute approximate surface area is 236 Å². The van der Waals surface area contributed by atoms with Crippen LogP contribution in [-0.2, 0) is 0 Å². The number of nitrogens with zero attached hydrogens (tertiary/aromatic N) is 3. The molecule has 1 aromatic heterocycles. The third kappa shape index (κ3) is 5.99. The number of benzene rings is 3. The van der Waals surface area contributed by atoms with Crippen LogP contribution in [0, 0.1) is 0 Å². The van der Waals surface area contributed by atoms with Crippen molar-refractivity contribution in [1.29, 1.82) is 0 Å². The molecule has 5 rings (SSSR count). The molecule has 2 N–H and O–H groups in total. The molecular weight excluding hydrogens is 500 g/mol. The zero-order valence-corrected chi connectivity index (χ0v) is 23.6. The average molecular weight is 541 g/mol. The van der Waals surface area contributed by atoms with Gasteiger partial charge in [-0.25, -0.2) is 4.79 Å². The smallest absolute Gasteiger partial charge is 0.326 e. The van der Waals surface area contributed by atoms with Gasteiger partial charge in [-0.3, -0.25) is 9.36 Å². The zero-order chi connectivity index (χ0) is 28.1. The van der Waals surface area contributed by atoms with E-state index in [9.17, 15) is 14.7 Å². The lowest BCUT2D eigenvalue weighted by Gasteiger charge is -2.33. The average Bonchev–Trinajstić information content (AvgIpc) is 3.32. The summed E-state index contributed by atoms with van der Waals surface area (Å²) in [5.74, 6) is 0.459. The number of aromatic hydroxyl groups is 1. The van der Waals surface area contributed by atoms with Crippen molar-refractivity contribution in [1.82, 2.24) is 19.4 Å². The number of rotatable bonds is 10. The molecule has 4 aromatic rings. The van der Waals surface area contributed by atoms with Gasteiger partial charge in [0.25, 0.3) is 5.91 Å². The lowest BCUT2D eigenvalue weighted by Crippen LogP contribution is -2.37. The molecule has 0 bridgehead atoms. The van der Waals surface area contributed by atoms with Gasteiger partial charge in [0.2, 0.25) is 0 Å². The third-order valence-electron chi connectivity index (χ3n) is 8.40. The highest BCUT2D eigenvalue weighted by molar-refractivity contribution is 5.94. The van der Waals surface area contributed by atoms with E-state index in [2.05, 4.69) is 28.1 Å². The van der Waals surface area contributed by atoms with Crippen molar-refractivity contribution in [3.8, 4) is 5.75 Å². The summed E-state index contributed by atoms with van der Waals surface area (Å²) in [6.07, 6.45) is 3.87. The van der Waals surface area contributed by atoms with Crippen molar-refractivity contribution in [3.05, 3.63) is 100.0 Å². The highest BCUT2D eigenvalue weighted by Crippen LogP contribution is 2.32. The molecule has 1 saturated heterocycles. The van der Waals surface area contributed by atoms with Gasteiger partial charge in [0.05, 0.1) is 11.0 Å². The van der Waals surface area contributed by atoms with E-state index in [-0.39, 0.29) is 29.3 Å². The van der Waals surface area contributed by atoms with Crippen LogP contribution < -0.4 is 5.69 Å². The molecule has 0 saturated carbocycles. The van der Waals surface area contributed by atoms with E-state index in [4.69, 9.17) is 0 Å². The Morgan fingerprint density at radius 1 is 0.975 bits per heavy atom. The van der Waals surface area contributed by atoms with Gasteiger partial charge in [0, 0.05) is 43.7 Å². The maximum Gasteiger partial charge on any atom is 0.326 e. The van der Waals surface area contributed by atoms with Gasteiger partial charge in [-0.1, -0.05) is 36.4 Å². The largest absolute Gasteiger partial charge is 0.508 e. The number of phenols is 1. The monoisotopic (exact) mass is 540 g/mol. The summed E-state index contributed by atoms with van der Waals surface area (Å²) >= 11 is 0. The number of hydrogen-bond acceptors (Lipinski definition) is 4. The van der Waals surface area contributed by atoms with Crippen LogP contribution in [0.25, 0.3) is 11.0 Å². The molecule has 210 valence electrons. The molecule has 3 aromatic carbocycles. The molecular formula is C33H40N4O3. The van der Waals surface area contributed by atoms with E-state index in [1.807, 2.05) is 71.8 Å². The number of carbonyl (C=O) groups is 1. The SMILES string of the molecule is CCN(CC)C(=O)c1ccc(C(CCCN2CCC(n3c(=O)[nH]c4ccccc43)CC2)c2cccc(O)c2)cc1. The van der Waals surface area contributed by atoms with E-state index in [0.717, 1.165) is 67.5 Å². The molecule has 0 spiro atoms.